The molecule has 0 aromatic heterocycles. The van der Waals surface area contributed by atoms with E-state index in [-0.39, 0.29) is 17.6 Å². The third-order valence-electron chi connectivity index (χ3n) is 3.74. The molecule has 0 aliphatic carbocycles. The summed E-state index contributed by atoms with van der Waals surface area (Å²) in [5.74, 6) is -2.39. The number of aliphatic carboxylic acids is 1. The summed E-state index contributed by atoms with van der Waals surface area (Å²) in [6.45, 7) is 5.22. The molecule has 0 fully saturated rings. The minimum absolute atomic E-state index is 0.0209. The molecule has 0 radical (unpaired) electrons. The van der Waals surface area contributed by atoms with Crippen LogP contribution in [0, 0.1) is 11.7 Å². The van der Waals surface area contributed by atoms with Crippen molar-refractivity contribution in [3.63, 3.8) is 0 Å². The standard InChI is InChI=1S/C17H23FN2O4S/c1-4-10(2)15(17(23)24)20-16(22)11(3)25-9-14(21)19-13-7-5-12(18)6-8-13/h5-8,10-11,15H,4,9H2,1-3H3,(H,19,21)(H,20,22)(H,23,24)/t10-,11?,15-/m0/s1. The zero-order chi connectivity index (χ0) is 19.0. The highest BCUT2D eigenvalue weighted by Crippen LogP contribution is 2.15. The Morgan fingerprint density at radius 2 is 1.80 bits per heavy atom. The molecule has 8 heteroatoms. The second-order valence-electron chi connectivity index (χ2n) is 5.72. The molecular formula is C17H23FN2O4S. The van der Waals surface area contributed by atoms with Gasteiger partial charge >= 0.3 is 5.97 Å². The summed E-state index contributed by atoms with van der Waals surface area (Å²) in [4.78, 5) is 35.2. The molecule has 1 unspecified atom stereocenters. The Bertz CT molecular complexity index is 609. The number of amides is 2. The van der Waals surface area contributed by atoms with Gasteiger partial charge in [0.25, 0.3) is 0 Å². The molecule has 25 heavy (non-hydrogen) atoms. The van der Waals surface area contributed by atoms with Crippen LogP contribution in [0.2, 0.25) is 0 Å². The monoisotopic (exact) mass is 370 g/mol. The largest absolute Gasteiger partial charge is 0.480 e. The van der Waals surface area contributed by atoms with Crippen LogP contribution in [0.1, 0.15) is 27.2 Å². The minimum Gasteiger partial charge on any atom is -0.480 e. The van der Waals surface area contributed by atoms with Gasteiger partial charge in [0.05, 0.1) is 11.0 Å². The topological polar surface area (TPSA) is 95.5 Å². The highest BCUT2D eigenvalue weighted by molar-refractivity contribution is 8.01. The van der Waals surface area contributed by atoms with Crippen molar-refractivity contribution < 1.29 is 23.9 Å². The van der Waals surface area contributed by atoms with Gasteiger partial charge in [0.1, 0.15) is 11.9 Å². The number of thioether (sulfide) groups is 1. The van der Waals surface area contributed by atoms with E-state index in [0.717, 1.165) is 11.8 Å². The molecule has 2 amide bonds. The molecule has 0 aliphatic rings. The third kappa shape index (κ3) is 7.13. The maximum atomic E-state index is 12.8. The summed E-state index contributed by atoms with van der Waals surface area (Å²) < 4.78 is 12.8. The number of rotatable bonds is 9. The van der Waals surface area contributed by atoms with E-state index in [1.54, 1.807) is 13.8 Å². The fourth-order valence-electron chi connectivity index (χ4n) is 1.96. The molecule has 0 heterocycles. The fourth-order valence-corrected chi connectivity index (χ4v) is 2.65. The summed E-state index contributed by atoms with van der Waals surface area (Å²) >= 11 is 1.10. The van der Waals surface area contributed by atoms with Crippen molar-refractivity contribution in [2.24, 2.45) is 5.92 Å². The van der Waals surface area contributed by atoms with Crippen LogP contribution >= 0.6 is 11.8 Å². The van der Waals surface area contributed by atoms with Crippen molar-refractivity contribution in [3.8, 4) is 0 Å². The Balaban J connectivity index is 2.47. The molecule has 1 aromatic rings. The predicted octanol–water partition coefficient (Wildman–Crippen LogP) is 2.50. The van der Waals surface area contributed by atoms with Crippen LogP contribution in [0.5, 0.6) is 0 Å². The van der Waals surface area contributed by atoms with Crippen LogP contribution < -0.4 is 10.6 Å². The molecule has 0 aliphatic heterocycles. The number of carboxylic acids is 1. The molecule has 138 valence electrons. The van der Waals surface area contributed by atoms with E-state index in [4.69, 9.17) is 0 Å². The lowest BCUT2D eigenvalue weighted by molar-refractivity contribution is -0.143. The molecule has 0 spiro atoms. The zero-order valence-corrected chi connectivity index (χ0v) is 15.2. The van der Waals surface area contributed by atoms with E-state index in [1.807, 2.05) is 6.92 Å². The van der Waals surface area contributed by atoms with Crippen LogP contribution in [-0.2, 0) is 14.4 Å². The molecule has 6 nitrogen and oxygen atoms in total. The van der Waals surface area contributed by atoms with Gasteiger partial charge < -0.3 is 15.7 Å². The number of nitrogens with one attached hydrogen (secondary N) is 2. The quantitative estimate of drug-likeness (QED) is 0.621. The third-order valence-corrected chi connectivity index (χ3v) is 4.88. The van der Waals surface area contributed by atoms with Crippen LogP contribution in [-0.4, -0.2) is 39.9 Å². The number of benzene rings is 1. The van der Waals surface area contributed by atoms with E-state index < -0.39 is 29.0 Å². The Hall–Kier alpha value is -2.09. The lowest BCUT2D eigenvalue weighted by Crippen LogP contribution is -2.47. The number of hydrogen-bond donors (Lipinski definition) is 3. The summed E-state index contributed by atoms with van der Waals surface area (Å²) in [5, 5.41) is 13.7. The smallest absolute Gasteiger partial charge is 0.326 e. The van der Waals surface area contributed by atoms with Crippen molar-refractivity contribution in [2.45, 2.75) is 38.5 Å². The van der Waals surface area contributed by atoms with Gasteiger partial charge in [-0.25, -0.2) is 9.18 Å². The van der Waals surface area contributed by atoms with Crippen LogP contribution in [0.3, 0.4) is 0 Å². The second-order valence-corrected chi connectivity index (χ2v) is 7.05. The Morgan fingerprint density at radius 3 is 2.32 bits per heavy atom. The molecule has 3 N–H and O–H groups in total. The SMILES string of the molecule is CC[C@H](C)[C@H](NC(=O)C(C)SCC(=O)Nc1ccc(F)cc1)C(=O)O. The number of hydrogen-bond acceptors (Lipinski definition) is 4. The average molecular weight is 370 g/mol. The number of anilines is 1. The molecule has 0 saturated heterocycles. The van der Waals surface area contributed by atoms with Gasteiger partial charge in [0, 0.05) is 5.69 Å². The molecule has 1 rings (SSSR count). The van der Waals surface area contributed by atoms with E-state index in [2.05, 4.69) is 10.6 Å². The maximum absolute atomic E-state index is 12.8. The van der Waals surface area contributed by atoms with Crippen molar-refractivity contribution in [2.75, 3.05) is 11.1 Å². The highest BCUT2D eigenvalue weighted by Gasteiger charge is 2.27. The van der Waals surface area contributed by atoms with Gasteiger partial charge in [-0.15, -0.1) is 11.8 Å². The van der Waals surface area contributed by atoms with Gasteiger partial charge in [-0.3, -0.25) is 9.59 Å². The molecular weight excluding hydrogens is 347 g/mol. The summed E-state index contributed by atoms with van der Waals surface area (Å²) in [7, 11) is 0. The van der Waals surface area contributed by atoms with E-state index in [1.165, 1.54) is 24.3 Å². The van der Waals surface area contributed by atoms with Crippen LogP contribution in [0.25, 0.3) is 0 Å². The van der Waals surface area contributed by atoms with Crippen LogP contribution in [0.4, 0.5) is 10.1 Å². The first-order valence-corrected chi connectivity index (χ1v) is 8.99. The Kier molecular flexibility index (Phi) is 8.40. The van der Waals surface area contributed by atoms with Gasteiger partial charge in [-0.1, -0.05) is 20.3 Å². The Labute approximate surface area is 150 Å². The van der Waals surface area contributed by atoms with Crippen molar-refractivity contribution in [1.29, 1.82) is 0 Å². The van der Waals surface area contributed by atoms with E-state index >= 15 is 0 Å². The van der Waals surface area contributed by atoms with Crippen molar-refractivity contribution >= 4 is 35.2 Å². The molecule has 3 atom stereocenters. The lowest BCUT2D eigenvalue weighted by Gasteiger charge is -2.22. The summed E-state index contributed by atoms with van der Waals surface area (Å²) in [5.41, 5.74) is 0.465. The number of carboxylic acid groups (broad SMARTS) is 1. The lowest BCUT2D eigenvalue weighted by atomic mass is 9.99. The van der Waals surface area contributed by atoms with Crippen LogP contribution in [0.15, 0.2) is 24.3 Å². The minimum atomic E-state index is -1.08. The zero-order valence-electron chi connectivity index (χ0n) is 14.4. The normalized spacial score (nSPS) is 14.2. The number of halogens is 1. The van der Waals surface area contributed by atoms with E-state index in [0.29, 0.717) is 12.1 Å². The summed E-state index contributed by atoms with van der Waals surface area (Å²) in [6.07, 6.45) is 0.624. The fraction of sp³-hybridized carbons (Fsp3) is 0.471. The van der Waals surface area contributed by atoms with Gasteiger partial charge in [0.2, 0.25) is 11.8 Å². The number of carbonyl (C=O) groups excluding carboxylic acids is 2. The predicted molar refractivity (Wildman–Crippen MR) is 96.0 cm³/mol. The first-order chi connectivity index (χ1) is 11.7. The van der Waals surface area contributed by atoms with Gasteiger partial charge in [0.15, 0.2) is 0 Å². The first-order valence-electron chi connectivity index (χ1n) is 7.94. The Morgan fingerprint density at radius 1 is 1.20 bits per heavy atom. The average Bonchev–Trinajstić information content (AvgIpc) is 2.58. The molecule has 0 saturated carbocycles. The van der Waals surface area contributed by atoms with Gasteiger partial charge in [-0.2, -0.15) is 0 Å². The maximum Gasteiger partial charge on any atom is 0.326 e. The highest BCUT2D eigenvalue weighted by atomic mass is 32.2. The summed E-state index contributed by atoms with van der Waals surface area (Å²) in [6, 6.07) is 4.41. The van der Waals surface area contributed by atoms with Crippen molar-refractivity contribution in [1.82, 2.24) is 5.32 Å². The molecule has 1 aromatic carbocycles. The molecule has 0 bridgehead atoms. The van der Waals surface area contributed by atoms with Crippen molar-refractivity contribution in [3.05, 3.63) is 30.1 Å². The van der Waals surface area contributed by atoms with Gasteiger partial charge in [-0.05, 0) is 37.1 Å². The first kappa shape index (κ1) is 21.0. The second kappa shape index (κ2) is 10.0. The number of carbonyl (C=O) groups is 3. The van der Waals surface area contributed by atoms with E-state index in [9.17, 15) is 23.9 Å².